The van der Waals surface area contributed by atoms with E-state index in [-0.39, 0.29) is 17.7 Å². The molecule has 0 unspecified atom stereocenters. The van der Waals surface area contributed by atoms with E-state index in [0.29, 0.717) is 24.3 Å². The number of hydrogen-bond acceptors (Lipinski definition) is 3. The maximum absolute atomic E-state index is 11.8. The molecule has 0 saturated carbocycles. The molecule has 0 amide bonds. The summed E-state index contributed by atoms with van der Waals surface area (Å²) in [7, 11) is -3.17. The highest BCUT2D eigenvalue weighted by Gasteiger charge is 2.28. The first kappa shape index (κ1) is 14.1. The highest BCUT2D eigenvalue weighted by atomic mass is 32.2. The van der Waals surface area contributed by atoms with Crippen LogP contribution in [0, 0.1) is 0 Å². The normalized spacial score (nSPS) is 18.0. The number of rotatable bonds is 2. The maximum atomic E-state index is 11.8. The number of aliphatic imine (C=N–C) groups is 2. The average Bonchev–Trinajstić information content (AvgIpc) is 2.69. The van der Waals surface area contributed by atoms with E-state index in [1.807, 2.05) is 0 Å². The quantitative estimate of drug-likeness (QED) is 0.496. The van der Waals surface area contributed by atoms with Gasteiger partial charge >= 0.3 is 0 Å². The van der Waals surface area contributed by atoms with E-state index in [1.165, 1.54) is 4.31 Å². The van der Waals surface area contributed by atoms with Gasteiger partial charge in [0, 0.05) is 6.54 Å². The van der Waals surface area contributed by atoms with Gasteiger partial charge in [-0.05, 0) is 30.7 Å². The van der Waals surface area contributed by atoms with Gasteiger partial charge in [-0.3, -0.25) is 4.31 Å². The number of benzene rings is 1. The molecule has 0 aromatic heterocycles. The molecular formula is C11H16N6O2S. The highest BCUT2D eigenvalue weighted by Crippen LogP contribution is 2.26. The molecule has 8 nitrogen and oxygen atoms in total. The molecule has 0 radical (unpaired) electrons. The van der Waals surface area contributed by atoms with Gasteiger partial charge in [0.25, 0.3) is 0 Å². The van der Waals surface area contributed by atoms with Crippen molar-refractivity contribution in [3.05, 3.63) is 24.3 Å². The Kier molecular flexibility index (Phi) is 3.79. The highest BCUT2D eigenvalue weighted by molar-refractivity contribution is 7.93. The van der Waals surface area contributed by atoms with Crippen LogP contribution in [0.4, 0.5) is 11.4 Å². The molecule has 9 heteroatoms. The van der Waals surface area contributed by atoms with Gasteiger partial charge in [-0.25, -0.2) is 13.4 Å². The van der Waals surface area contributed by atoms with Crippen molar-refractivity contribution >= 4 is 33.3 Å². The van der Waals surface area contributed by atoms with Gasteiger partial charge in [0.15, 0.2) is 5.96 Å². The minimum atomic E-state index is -3.17. The third-order valence-corrected chi connectivity index (χ3v) is 4.59. The molecule has 6 N–H and O–H groups in total. The lowest BCUT2D eigenvalue weighted by Crippen LogP contribution is -2.26. The van der Waals surface area contributed by atoms with E-state index >= 15 is 0 Å². The Labute approximate surface area is 117 Å². The zero-order valence-electron chi connectivity index (χ0n) is 10.7. The minimum Gasteiger partial charge on any atom is -0.370 e. The number of sulfonamides is 1. The molecule has 0 aliphatic carbocycles. The fraction of sp³-hybridized carbons (Fsp3) is 0.273. The van der Waals surface area contributed by atoms with E-state index in [4.69, 9.17) is 17.2 Å². The molecule has 1 aliphatic heterocycles. The summed E-state index contributed by atoms with van der Waals surface area (Å²) in [6.07, 6.45) is 0.639. The first-order valence-electron chi connectivity index (χ1n) is 5.93. The van der Waals surface area contributed by atoms with Crippen molar-refractivity contribution in [2.45, 2.75) is 6.42 Å². The molecule has 0 bridgehead atoms. The number of nitrogens with zero attached hydrogens (tertiary/aromatic N) is 3. The van der Waals surface area contributed by atoms with Gasteiger partial charge in [-0.15, -0.1) is 0 Å². The molecule has 108 valence electrons. The van der Waals surface area contributed by atoms with Gasteiger partial charge in [-0.2, -0.15) is 4.99 Å². The molecule has 0 spiro atoms. The molecule has 1 aliphatic rings. The third kappa shape index (κ3) is 3.18. The van der Waals surface area contributed by atoms with E-state index in [9.17, 15) is 8.42 Å². The fourth-order valence-corrected chi connectivity index (χ4v) is 3.48. The summed E-state index contributed by atoms with van der Waals surface area (Å²) in [6.45, 7) is 0.501. The van der Waals surface area contributed by atoms with E-state index in [0.717, 1.165) is 0 Å². The number of nitrogens with two attached hydrogens (primary N) is 3. The van der Waals surface area contributed by atoms with Crippen LogP contribution in [0.25, 0.3) is 0 Å². The Morgan fingerprint density at radius 3 is 2.30 bits per heavy atom. The van der Waals surface area contributed by atoms with Crippen molar-refractivity contribution in [1.82, 2.24) is 0 Å². The average molecular weight is 296 g/mol. The summed E-state index contributed by atoms with van der Waals surface area (Å²) >= 11 is 0. The molecular weight excluding hydrogens is 280 g/mol. The molecule has 1 aromatic carbocycles. The zero-order chi connectivity index (χ0) is 14.8. The van der Waals surface area contributed by atoms with Crippen molar-refractivity contribution < 1.29 is 8.42 Å². The number of anilines is 1. The lowest BCUT2D eigenvalue weighted by molar-refractivity contribution is 0.599. The largest absolute Gasteiger partial charge is 0.370 e. The topological polar surface area (TPSA) is 140 Å². The van der Waals surface area contributed by atoms with Crippen LogP contribution in [-0.2, 0) is 10.0 Å². The van der Waals surface area contributed by atoms with E-state index in [2.05, 4.69) is 9.98 Å². The molecule has 1 saturated heterocycles. The van der Waals surface area contributed by atoms with Crippen molar-refractivity contribution in [2.24, 2.45) is 27.2 Å². The SMILES string of the molecule is NC(N)=NC(N)=Nc1ccc(N2CCCS2(=O)=O)cc1. The standard InChI is InChI=1S/C11H16N6O2S/c12-10(13)16-11(14)15-8-2-4-9(5-3-8)17-6-1-7-20(17,18)19/h2-5H,1,6-7H2,(H6,12,13,14,15,16). The van der Waals surface area contributed by atoms with Crippen LogP contribution < -0.4 is 21.5 Å². The van der Waals surface area contributed by atoms with Gasteiger partial charge in [0.05, 0.1) is 17.1 Å². The summed E-state index contributed by atoms with van der Waals surface area (Å²) in [5, 5.41) is 0. The Hall–Kier alpha value is -2.29. The van der Waals surface area contributed by atoms with Gasteiger partial charge in [0.1, 0.15) is 0 Å². The van der Waals surface area contributed by atoms with Crippen LogP contribution in [0.2, 0.25) is 0 Å². The maximum Gasteiger partial charge on any atom is 0.235 e. The molecule has 2 rings (SSSR count). The summed E-state index contributed by atoms with van der Waals surface area (Å²) in [5.74, 6) is -0.0535. The lowest BCUT2D eigenvalue weighted by atomic mass is 10.3. The van der Waals surface area contributed by atoms with Gasteiger partial charge < -0.3 is 17.2 Å². The zero-order valence-corrected chi connectivity index (χ0v) is 11.5. The van der Waals surface area contributed by atoms with Gasteiger partial charge in [-0.1, -0.05) is 0 Å². The summed E-state index contributed by atoms with van der Waals surface area (Å²) in [5.41, 5.74) is 17.0. The number of guanidine groups is 2. The Morgan fingerprint density at radius 1 is 1.15 bits per heavy atom. The molecule has 1 fully saturated rings. The molecule has 1 heterocycles. The Bertz CT molecular complexity index is 646. The van der Waals surface area contributed by atoms with Crippen molar-refractivity contribution in [3.63, 3.8) is 0 Å². The monoisotopic (exact) mass is 296 g/mol. The van der Waals surface area contributed by atoms with Crippen molar-refractivity contribution in [3.8, 4) is 0 Å². The van der Waals surface area contributed by atoms with Crippen LogP contribution in [0.1, 0.15) is 6.42 Å². The van der Waals surface area contributed by atoms with Crippen molar-refractivity contribution in [1.29, 1.82) is 0 Å². The van der Waals surface area contributed by atoms with E-state index < -0.39 is 10.0 Å². The van der Waals surface area contributed by atoms with Crippen LogP contribution in [-0.4, -0.2) is 32.6 Å². The minimum absolute atomic E-state index is 0.0634. The van der Waals surface area contributed by atoms with E-state index in [1.54, 1.807) is 24.3 Å². The fourth-order valence-electron chi connectivity index (χ4n) is 1.91. The van der Waals surface area contributed by atoms with Crippen LogP contribution >= 0.6 is 0 Å². The summed E-state index contributed by atoms with van der Waals surface area (Å²) in [6, 6.07) is 6.64. The Balaban J connectivity index is 2.21. The first-order chi connectivity index (χ1) is 9.38. The molecule has 20 heavy (non-hydrogen) atoms. The second-order valence-electron chi connectivity index (χ2n) is 4.26. The molecule has 1 aromatic rings. The predicted molar refractivity (Wildman–Crippen MR) is 79.3 cm³/mol. The number of hydrogen-bond donors (Lipinski definition) is 3. The van der Waals surface area contributed by atoms with Crippen LogP contribution in [0.15, 0.2) is 34.3 Å². The predicted octanol–water partition coefficient (Wildman–Crippen LogP) is -0.554. The summed E-state index contributed by atoms with van der Waals surface area (Å²) in [4.78, 5) is 7.57. The summed E-state index contributed by atoms with van der Waals surface area (Å²) < 4.78 is 24.9. The smallest absolute Gasteiger partial charge is 0.235 e. The first-order valence-corrected chi connectivity index (χ1v) is 7.54. The van der Waals surface area contributed by atoms with Gasteiger partial charge in [0.2, 0.25) is 16.0 Å². The van der Waals surface area contributed by atoms with Crippen LogP contribution in [0.5, 0.6) is 0 Å². The molecule has 0 atom stereocenters. The third-order valence-electron chi connectivity index (χ3n) is 2.72. The second-order valence-corrected chi connectivity index (χ2v) is 6.28. The van der Waals surface area contributed by atoms with Crippen molar-refractivity contribution in [2.75, 3.05) is 16.6 Å². The second kappa shape index (κ2) is 5.37. The van der Waals surface area contributed by atoms with Crippen LogP contribution in [0.3, 0.4) is 0 Å². The lowest BCUT2D eigenvalue weighted by Gasteiger charge is -2.16. The Morgan fingerprint density at radius 2 is 1.80 bits per heavy atom.